The Morgan fingerprint density at radius 3 is 2.62 bits per heavy atom. The first-order valence-corrected chi connectivity index (χ1v) is 6.48. The summed E-state index contributed by atoms with van der Waals surface area (Å²) < 4.78 is 15.0. The number of fused-ring (bicyclic) bond motifs is 1. The van der Waals surface area contributed by atoms with E-state index in [9.17, 15) is 9.18 Å². The number of hydrogen-bond donors (Lipinski definition) is 1. The lowest BCUT2D eigenvalue weighted by Gasteiger charge is -2.07. The molecule has 0 radical (unpaired) electrons. The van der Waals surface area contributed by atoms with Gasteiger partial charge in [0.1, 0.15) is 5.82 Å². The predicted molar refractivity (Wildman–Crippen MR) is 82.1 cm³/mol. The second-order valence-electron chi connectivity index (χ2n) is 4.63. The molecular formula is C17H13FN2O. The summed E-state index contributed by atoms with van der Waals surface area (Å²) in [7, 11) is 0. The van der Waals surface area contributed by atoms with Crippen LogP contribution in [0.2, 0.25) is 0 Å². The van der Waals surface area contributed by atoms with Crippen molar-refractivity contribution in [2.45, 2.75) is 0 Å². The molecule has 1 aromatic heterocycles. The third-order valence-electron chi connectivity index (χ3n) is 3.25. The Hall–Kier alpha value is -2.88. The fourth-order valence-corrected chi connectivity index (χ4v) is 2.24. The molecule has 0 aliphatic carbocycles. The molecule has 0 saturated heterocycles. The smallest absolute Gasteiger partial charge is 0.247 e. The molecule has 104 valence electrons. The lowest BCUT2D eigenvalue weighted by atomic mass is 10.2. The van der Waals surface area contributed by atoms with E-state index in [0.717, 1.165) is 16.6 Å². The van der Waals surface area contributed by atoms with Crippen LogP contribution in [0.4, 0.5) is 10.1 Å². The number of hydrogen-bond acceptors (Lipinski definition) is 1. The van der Waals surface area contributed by atoms with Gasteiger partial charge in [0.15, 0.2) is 0 Å². The topological polar surface area (TPSA) is 34.0 Å². The van der Waals surface area contributed by atoms with Crippen molar-refractivity contribution >= 4 is 22.5 Å². The molecule has 0 bridgehead atoms. The quantitative estimate of drug-likeness (QED) is 0.725. The summed E-state index contributed by atoms with van der Waals surface area (Å²) in [6.45, 7) is 3.42. The van der Waals surface area contributed by atoms with Gasteiger partial charge in [-0.25, -0.2) is 4.39 Å². The van der Waals surface area contributed by atoms with E-state index < -0.39 is 0 Å². The van der Waals surface area contributed by atoms with Crippen molar-refractivity contribution in [1.82, 2.24) is 4.57 Å². The SMILES string of the molecule is C=CC(=O)Nc1ccc2c(ccn2-c2ccc(F)cc2)c1. The molecule has 1 amide bonds. The Morgan fingerprint density at radius 2 is 1.90 bits per heavy atom. The number of rotatable bonds is 3. The summed E-state index contributed by atoms with van der Waals surface area (Å²) in [5.74, 6) is -0.503. The van der Waals surface area contributed by atoms with Gasteiger partial charge in [-0.05, 0) is 54.6 Å². The summed E-state index contributed by atoms with van der Waals surface area (Å²) in [6, 6.07) is 13.9. The van der Waals surface area contributed by atoms with Gasteiger partial charge in [-0.1, -0.05) is 6.58 Å². The molecule has 0 aliphatic heterocycles. The lowest BCUT2D eigenvalue weighted by molar-refractivity contribution is -0.111. The maximum absolute atomic E-state index is 13.0. The van der Waals surface area contributed by atoms with E-state index in [-0.39, 0.29) is 11.7 Å². The number of halogens is 1. The van der Waals surface area contributed by atoms with Crippen molar-refractivity contribution in [1.29, 1.82) is 0 Å². The van der Waals surface area contributed by atoms with E-state index in [0.29, 0.717) is 5.69 Å². The second-order valence-corrected chi connectivity index (χ2v) is 4.63. The number of amides is 1. The van der Waals surface area contributed by atoms with Crippen molar-refractivity contribution in [3.05, 3.63) is 73.2 Å². The van der Waals surface area contributed by atoms with E-state index in [4.69, 9.17) is 0 Å². The largest absolute Gasteiger partial charge is 0.323 e. The van der Waals surface area contributed by atoms with E-state index in [2.05, 4.69) is 11.9 Å². The monoisotopic (exact) mass is 280 g/mol. The number of aromatic nitrogens is 1. The molecule has 1 N–H and O–H groups in total. The molecule has 1 heterocycles. The highest BCUT2D eigenvalue weighted by atomic mass is 19.1. The van der Waals surface area contributed by atoms with Crippen LogP contribution < -0.4 is 5.32 Å². The standard InChI is InChI=1S/C17H13FN2O/c1-2-17(21)19-14-5-8-16-12(11-14)9-10-20(16)15-6-3-13(18)4-7-15/h2-11H,1H2,(H,19,21). The minimum absolute atomic E-state index is 0.243. The van der Waals surface area contributed by atoms with Gasteiger partial charge in [-0.2, -0.15) is 0 Å². The first kappa shape index (κ1) is 13.1. The zero-order valence-corrected chi connectivity index (χ0v) is 11.2. The molecule has 4 heteroatoms. The van der Waals surface area contributed by atoms with Crippen LogP contribution in [0, 0.1) is 5.82 Å². The van der Waals surface area contributed by atoms with Crippen LogP contribution in [0.25, 0.3) is 16.6 Å². The molecule has 3 aromatic rings. The molecule has 0 fully saturated rings. The van der Waals surface area contributed by atoms with E-state index >= 15 is 0 Å². The molecule has 0 unspecified atom stereocenters. The van der Waals surface area contributed by atoms with Gasteiger partial charge in [0.05, 0.1) is 5.52 Å². The molecule has 0 aliphatic rings. The van der Waals surface area contributed by atoms with Gasteiger partial charge in [0, 0.05) is 23.0 Å². The minimum Gasteiger partial charge on any atom is -0.323 e. The Balaban J connectivity index is 2.01. The van der Waals surface area contributed by atoms with E-state index in [1.165, 1.54) is 18.2 Å². The molecule has 3 rings (SSSR count). The average Bonchev–Trinajstić information content (AvgIpc) is 2.91. The fraction of sp³-hybridized carbons (Fsp3) is 0. The van der Waals surface area contributed by atoms with Crippen molar-refractivity contribution in [2.24, 2.45) is 0 Å². The zero-order chi connectivity index (χ0) is 14.8. The number of carbonyl (C=O) groups is 1. The predicted octanol–water partition coefficient (Wildman–Crippen LogP) is 3.89. The molecule has 2 aromatic carbocycles. The van der Waals surface area contributed by atoms with Crippen molar-refractivity contribution in [2.75, 3.05) is 5.32 Å². The van der Waals surface area contributed by atoms with Crippen LogP contribution in [0.5, 0.6) is 0 Å². The summed E-state index contributed by atoms with van der Waals surface area (Å²) in [6.07, 6.45) is 3.14. The average molecular weight is 280 g/mol. The molecular weight excluding hydrogens is 267 g/mol. The van der Waals surface area contributed by atoms with Crippen LogP contribution >= 0.6 is 0 Å². The highest BCUT2D eigenvalue weighted by molar-refractivity contribution is 6.00. The maximum Gasteiger partial charge on any atom is 0.247 e. The zero-order valence-electron chi connectivity index (χ0n) is 11.2. The normalized spacial score (nSPS) is 10.5. The Kier molecular flexibility index (Phi) is 3.28. The van der Waals surface area contributed by atoms with Gasteiger partial charge >= 0.3 is 0 Å². The van der Waals surface area contributed by atoms with Crippen molar-refractivity contribution in [3.63, 3.8) is 0 Å². The van der Waals surface area contributed by atoms with E-state index in [1.807, 2.05) is 35.0 Å². The number of nitrogens with zero attached hydrogens (tertiary/aromatic N) is 1. The second kappa shape index (κ2) is 5.25. The third-order valence-corrected chi connectivity index (χ3v) is 3.25. The summed E-state index contributed by atoms with van der Waals surface area (Å²) in [5.41, 5.74) is 2.58. The Bertz CT molecular complexity index is 818. The fourth-order valence-electron chi connectivity index (χ4n) is 2.24. The molecule has 0 atom stereocenters. The third kappa shape index (κ3) is 2.56. The van der Waals surface area contributed by atoms with Crippen LogP contribution in [0.15, 0.2) is 67.4 Å². The Morgan fingerprint density at radius 1 is 1.14 bits per heavy atom. The Labute approximate surface area is 121 Å². The highest BCUT2D eigenvalue weighted by Crippen LogP contribution is 2.23. The summed E-state index contributed by atoms with van der Waals surface area (Å²) >= 11 is 0. The minimum atomic E-state index is -0.260. The number of carbonyl (C=O) groups excluding carboxylic acids is 1. The van der Waals surface area contributed by atoms with Crippen LogP contribution in [0.1, 0.15) is 0 Å². The summed E-state index contributed by atoms with van der Waals surface area (Å²) in [5, 5.41) is 3.71. The lowest BCUT2D eigenvalue weighted by Crippen LogP contribution is -2.06. The highest BCUT2D eigenvalue weighted by Gasteiger charge is 2.05. The van der Waals surface area contributed by atoms with Gasteiger partial charge in [0.2, 0.25) is 5.91 Å². The van der Waals surface area contributed by atoms with Gasteiger partial charge in [0.25, 0.3) is 0 Å². The van der Waals surface area contributed by atoms with Gasteiger partial charge in [-0.3, -0.25) is 4.79 Å². The first-order valence-electron chi connectivity index (χ1n) is 6.48. The van der Waals surface area contributed by atoms with Crippen LogP contribution in [0.3, 0.4) is 0 Å². The van der Waals surface area contributed by atoms with Gasteiger partial charge < -0.3 is 9.88 Å². The van der Waals surface area contributed by atoms with Gasteiger partial charge in [-0.15, -0.1) is 0 Å². The maximum atomic E-state index is 13.0. The molecule has 0 saturated carbocycles. The van der Waals surface area contributed by atoms with Crippen LogP contribution in [-0.2, 0) is 4.79 Å². The number of benzene rings is 2. The van der Waals surface area contributed by atoms with Crippen molar-refractivity contribution < 1.29 is 9.18 Å². The number of anilines is 1. The first-order chi connectivity index (χ1) is 10.2. The van der Waals surface area contributed by atoms with Crippen LogP contribution in [-0.4, -0.2) is 10.5 Å². The molecule has 3 nitrogen and oxygen atoms in total. The molecule has 0 spiro atoms. The summed E-state index contributed by atoms with van der Waals surface area (Å²) in [4.78, 5) is 11.3. The van der Waals surface area contributed by atoms with Crippen molar-refractivity contribution in [3.8, 4) is 5.69 Å². The number of nitrogens with one attached hydrogen (secondary N) is 1. The molecule has 21 heavy (non-hydrogen) atoms. The van der Waals surface area contributed by atoms with E-state index in [1.54, 1.807) is 12.1 Å².